The zero-order chi connectivity index (χ0) is 30.2. The van der Waals surface area contributed by atoms with Crippen molar-refractivity contribution in [1.29, 1.82) is 10.5 Å². The lowest BCUT2D eigenvalue weighted by Crippen LogP contribution is -1.98. The molecule has 0 atom stereocenters. The Labute approximate surface area is 256 Å². The quantitative estimate of drug-likeness (QED) is 0.193. The van der Waals surface area contributed by atoms with Gasteiger partial charge in [0.05, 0.1) is 68.4 Å². The summed E-state index contributed by atoms with van der Waals surface area (Å²) in [7, 11) is 0. The van der Waals surface area contributed by atoms with Crippen LogP contribution in [0.15, 0.2) is 120 Å². The standard InChI is InChI=1S/C39H19N5O/c1-42-30-19-24(22-41)35(20-23(30)21-40)44-32-14-8-6-12-29(32)37-34(44)18-16-27-26-15-17-33-36(38(26)45-39(27)37)28-11-5-7-13-31(28)43(33)25-9-3-2-4-10-25/h2-20H. The Kier molecular flexibility index (Phi) is 5.00. The number of aromatic nitrogens is 2. The number of benzene rings is 6. The first-order chi connectivity index (χ1) is 22.2. The summed E-state index contributed by atoms with van der Waals surface area (Å²) in [5.74, 6) is 0. The van der Waals surface area contributed by atoms with Crippen LogP contribution in [0.3, 0.4) is 0 Å². The van der Waals surface area contributed by atoms with Crippen molar-refractivity contribution < 1.29 is 4.42 Å². The van der Waals surface area contributed by atoms with Crippen molar-refractivity contribution in [3.63, 3.8) is 0 Å². The number of furan rings is 1. The molecule has 0 unspecified atom stereocenters. The van der Waals surface area contributed by atoms with Crippen LogP contribution >= 0.6 is 0 Å². The van der Waals surface area contributed by atoms with Crippen molar-refractivity contribution >= 4 is 71.2 Å². The van der Waals surface area contributed by atoms with E-state index in [-0.39, 0.29) is 11.3 Å². The largest absolute Gasteiger partial charge is 0.455 e. The highest BCUT2D eigenvalue weighted by Gasteiger charge is 2.23. The van der Waals surface area contributed by atoms with Crippen molar-refractivity contribution in [1.82, 2.24) is 9.13 Å². The Morgan fingerprint density at radius 3 is 1.71 bits per heavy atom. The lowest BCUT2D eigenvalue weighted by atomic mass is 10.1. The summed E-state index contributed by atoms with van der Waals surface area (Å²) in [6.07, 6.45) is 0. The SMILES string of the molecule is [C-]#[N+]c1cc(C#N)c(-n2c3ccccc3c3c4oc5c(ccc6c5c5ccccc5n6-c5ccccc5)c4ccc32)cc1C#N. The van der Waals surface area contributed by atoms with Crippen LogP contribution in [-0.2, 0) is 0 Å². The van der Waals surface area contributed by atoms with Crippen molar-refractivity contribution in [2.24, 2.45) is 0 Å². The van der Waals surface area contributed by atoms with Gasteiger partial charge in [-0.2, -0.15) is 10.5 Å². The number of para-hydroxylation sites is 3. The molecule has 3 aromatic heterocycles. The van der Waals surface area contributed by atoms with Gasteiger partial charge in [-0.1, -0.05) is 54.6 Å². The highest BCUT2D eigenvalue weighted by atomic mass is 16.3. The molecule has 0 saturated heterocycles. The van der Waals surface area contributed by atoms with E-state index in [2.05, 4.69) is 100 Å². The molecule has 0 radical (unpaired) electrons. The Balaban J connectivity index is 1.44. The number of fused-ring (bicyclic) bond motifs is 11. The molecule has 0 aliphatic rings. The number of nitrogens with zero attached hydrogens (tertiary/aromatic N) is 5. The molecule has 9 aromatic rings. The monoisotopic (exact) mass is 573 g/mol. The molecule has 6 heteroatoms. The zero-order valence-electron chi connectivity index (χ0n) is 23.6. The molecule has 0 fully saturated rings. The van der Waals surface area contributed by atoms with E-state index >= 15 is 0 Å². The van der Waals surface area contributed by atoms with Crippen LogP contribution in [0.2, 0.25) is 0 Å². The smallest absolute Gasteiger partial charge is 0.206 e. The molecule has 0 saturated carbocycles. The second kappa shape index (κ2) is 9.09. The Bertz CT molecular complexity index is 2850. The first-order valence-electron chi connectivity index (χ1n) is 14.4. The lowest BCUT2D eigenvalue weighted by molar-refractivity contribution is 0.677. The Morgan fingerprint density at radius 1 is 0.556 bits per heavy atom. The molecule has 45 heavy (non-hydrogen) atoms. The second-order valence-electron chi connectivity index (χ2n) is 11.0. The van der Waals surface area contributed by atoms with Gasteiger partial charge in [0.1, 0.15) is 11.2 Å². The normalized spacial score (nSPS) is 11.5. The Hall–Kier alpha value is -6.81. The Morgan fingerprint density at radius 2 is 1.11 bits per heavy atom. The summed E-state index contributed by atoms with van der Waals surface area (Å²) in [6, 6.07) is 42.8. The van der Waals surface area contributed by atoms with Gasteiger partial charge >= 0.3 is 0 Å². The predicted molar refractivity (Wildman–Crippen MR) is 178 cm³/mol. The molecular formula is C39H19N5O. The minimum atomic E-state index is 0.164. The first-order valence-corrected chi connectivity index (χ1v) is 14.4. The van der Waals surface area contributed by atoms with Crippen molar-refractivity contribution in [3.05, 3.63) is 138 Å². The summed E-state index contributed by atoms with van der Waals surface area (Å²) in [4.78, 5) is 3.48. The van der Waals surface area contributed by atoms with Crippen molar-refractivity contribution in [2.45, 2.75) is 0 Å². The number of rotatable bonds is 2. The third-order valence-corrected chi connectivity index (χ3v) is 8.81. The van der Waals surface area contributed by atoms with Crippen molar-refractivity contribution in [3.8, 4) is 23.5 Å². The maximum atomic E-state index is 10.1. The van der Waals surface area contributed by atoms with Crippen LogP contribution in [0.25, 0.3) is 81.8 Å². The van der Waals surface area contributed by atoms with Gasteiger partial charge in [0, 0.05) is 27.2 Å². The predicted octanol–water partition coefficient (Wildman–Crippen LogP) is 10.1. The van der Waals surface area contributed by atoms with Crippen LogP contribution < -0.4 is 0 Å². The van der Waals surface area contributed by atoms with Gasteiger partial charge in [0.2, 0.25) is 5.69 Å². The lowest BCUT2D eigenvalue weighted by Gasteiger charge is -2.11. The van der Waals surface area contributed by atoms with E-state index in [1.165, 1.54) is 6.07 Å². The van der Waals surface area contributed by atoms with Gasteiger partial charge in [-0.3, -0.25) is 0 Å². The second-order valence-corrected chi connectivity index (χ2v) is 11.0. The molecule has 206 valence electrons. The highest BCUT2D eigenvalue weighted by Crippen LogP contribution is 2.45. The molecule has 0 amide bonds. The van der Waals surface area contributed by atoms with E-state index in [1.807, 2.05) is 28.8 Å². The highest BCUT2D eigenvalue weighted by molar-refractivity contribution is 6.29. The molecule has 0 spiro atoms. The summed E-state index contributed by atoms with van der Waals surface area (Å²) >= 11 is 0. The van der Waals surface area contributed by atoms with Crippen LogP contribution in [0.5, 0.6) is 0 Å². The van der Waals surface area contributed by atoms with Gasteiger partial charge in [0.15, 0.2) is 0 Å². The number of nitriles is 2. The fourth-order valence-corrected chi connectivity index (χ4v) is 6.94. The van der Waals surface area contributed by atoms with Crippen LogP contribution in [0, 0.1) is 29.2 Å². The van der Waals surface area contributed by atoms with Crippen molar-refractivity contribution in [2.75, 3.05) is 0 Å². The van der Waals surface area contributed by atoms with Gasteiger partial charge in [0.25, 0.3) is 0 Å². The third kappa shape index (κ3) is 3.24. The summed E-state index contributed by atoms with van der Waals surface area (Å²) < 4.78 is 11.2. The molecule has 3 heterocycles. The van der Waals surface area contributed by atoms with E-state index in [0.717, 1.165) is 71.2 Å². The minimum absolute atomic E-state index is 0.164. The van der Waals surface area contributed by atoms with Gasteiger partial charge in [-0.25, -0.2) is 4.85 Å². The molecule has 0 N–H and O–H groups in total. The molecule has 6 aromatic carbocycles. The van der Waals surface area contributed by atoms with Gasteiger partial charge in [-0.05, 0) is 60.7 Å². The topological polar surface area (TPSA) is 74.9 Å². The number of hydrogen-bond acceptors (Lipinski definition) is 3. The molecule has 9 rings (SSSR count). The first kappa shape index (κ1) is 24.8. The van der Waals surface area contributed by atoms with E-state index in [1.54, 1.807) is 6.07 Å². The molecule has 6 nitrogen and oxygen atoms in total. The zero-order valence-corrected chi connectivity index (χ0v) is 23.6. The van der Waals surface area contributed by atoms with E-state index in [0.29, 0.717) is 11.3 Å². The molecule has 0 aliphatic heterocycles. The number of hydrogen-bond donors (Lipinski definition) is 0. The molecule has 0 bridgehead atoms. The van der Waals surface area contributed by atoms with Gasteiger partial charge < -0.3 is 13.6 Å². The van der Waals surface area contributed by atoms with Crippen LogP contribution in [0.4, 0.5) is 5.69 Å². The molecule has 0 aliphatic carbocycles. The fourth-order valence-electron chi connectivity index (χ4n) is 6.94. The van der Waals surface area contributed by atoms with E-state index in [9.17, 15) is 10.5 Å². The fraction of sp³-hybridized carbons (Fsp3) is 0. The molecular weight excluding hydrogens is 554 g/mol. The van der Waals surface area contributed by atoms with E-state index in [4.69, 9.17) is 11.0 Å². The van der Waals surface area contributed by atoms with Crippen LogP contribution in [0.1, 0.15) is 11.1 Å². The summed E-state index contributed by atoms with van der Waals surface area (Å²) in [5, 5.41) is 26.0. The maximum Gasteiger partial charge on any atom is 0.206 e. The minimum Gasteiger partial charge on any atom is -0.455 e. The maximum absolute atomic E-state index is 10.1. The van der Waals surface area contributed by atoms with Gasteiger partial charge in [-0.15, -0.1) is 0 Å². The third-order valence-electron chi connectivity index (χ3n) is 8.81. The average molecular weight is 574 g/mol. The summed E-state index contributed by atoms with van der Waals surface area (Å²) in [6.45, 7) is 7.51. The summed E-state index contributed by atoms with van der Waals surface area (Å²) in [5.41, 5.74) is 7.83. The van der Waals surface area contributed by atoms with E-state index < -0.39 is 0 Å². The average Bonchev–Trinajstić information content (AvgIpc) is 3.75. The van der Waals surface area contributed by atoms with Crippen LogP contribution in [-0.4, -0.2) is 9.13 Å².